The van der Waals surface area contributed by atoms with Crippen LogP contribution in [0.5, 0.6) is 0 Å². The number of benzene rings is 2. The van der Waals surface area contributed by atoms with Crippen molar-refractivity contribution in [2.24, 2.45) is 5.41 Å². The van der Waals surface area contributed by atoms with Crippen molar-refractivity contribution in [3.05, 3.63) is 71.8 Å². The Hall–Kier alpha value is -2.74. The van der Waals surface area contributed by atoms with E-state index in [0.29, 0.717) is 0 Å². The maximum absolute atomic E-state index is 13.6. The van der Waals surface area contributed by atoms with Gasteiger partial charge in [0.2, 0.25) is 17.1 Å². The van der Waals surface area contributed by atoms with Gasteiger partial charge in [-0.25, -0.2) is 4.89 Å². The molecule has 1 amide bonds. The van der Waals surface area contributed by atoms with Gasteiger partial charge in [-0.15, -0.1) is 0 Å². The van der Waals surface area contributed by atoms with Crippen LogP contribution in [0.2, 0.25) is 0 Å². The molecule has 30 heavy (non-hydrogen) atoms. The Bertz CT molecular complexity index is 935. The van der Waals surface area contributed by atoms with Crippen molar-refractivity contribution in [1.29, 1.82) is 0 Å². The van der Waals surface area contributed by atoms with Gasteiger partial charge in [-0.2, -0.15) is 4.89 Å². The number of hydrogen-bond donors (Lipinski definition) is 1. The van der Waals surface area contributed by atoms with Gasteiger partial charge in [0.05, 0.1) is 13.2 Å². The Balaban J connectivity index is 1.75. The zero-order chi connectivity index (χ0) is 21.4. The monoisotopic (exact) mass is 411 g/mol. The Morgan fingerprint density at radius 1 is 1.10 bits per heavy atom. The highest BCUT2D eigenvalue weighted by Crippen LogP contribution is 2.55. The number of carbonyl (C=O) groups is 2. The summed E-state index contributed by atoms with van der Waals surface area (Å²) in [5.74, 6) is -3.49. The molecule has 0 aliphatic carbocycles. The highest BCUT2D eigenvalue weighted by molar-refractivity contribution is 6.06. The van der Waals surface area contributed by atoms with E-state index in [1.807, 2.05) is 60.7 Å². The molecule has 7 heteroatoms. The smallest absolute Gasteiger partial charge is 0.327 e. The van der Waals surface area contributed by atoms with Crippen LogP contribution in [0.4, 0.5) is 0 Å². The van der Waals surface area contributed by atoms with Crippen LogP contribution in [0.15, 0.2) is 60.7 Å². The average molecular weight is 411 g/mol. The van der Waals surface area contributed by atoms with Crippen LogP contribution >= 0.6 is 0 Å². The fourth-order valence-corrected chi connectivity index (χ4v) is 4.36. The van der Waals surface area contributed by atoms with E-state index in [1.54, 1.807) is 13.8 Å². The molecule has 0 radical (unpaired) electrons. The van der Waals surface area contributed by atoms with Crippen molar-refractivity contribution in [2.45, 2.75) is 38.2 Å². The average Bonchev–Trinajstić information content (AvgIpc) is 2.97. The zero-order valence-electron chi connectivity index (χ0n) is 17.0. The first-order chi connectivity index (χ1) is 14.3. The summed E-state index contributed by atoms with van der Waals surface area (Å²) in [5.41, 5.74) is -1.46. The van der Waals surface area contributed by atoms with Crippen molar-refractivity contribution in [2.75, 3.05) is 13.2 Å². The van der Waals surface area contributed by atoms with E-state index in [-0.39, 0.29) is 26.1 Å². The minimum absolute atomic E-state index is 0.0749. The van der Waals surface area contributed by atoms with E-state index in [9.17, 15) is 14.7 Å². The molecule has 2 saturated heterocycles. The second kappa shape index (κ2) is 7.50. The number of likely N-dealkylation sites (tertiary alicyclic amines) is 1. The molecule has 2 aromatic rings. The summed E-state index contributed by atoms with van der Waals surface area (Å²) in [6, 6.07) is 18.5. The van der Waals surface area contributed by atoms with Crippen LogP contribution in [0.3, 0.4) is 0 Å². The molecule has 3 atom stereocenters. The number of ether oxygens (including phenoxy) is 1. The van der Waals surface area contributed by atoms with Gasteiger partial charge in [0.25, 0.3) is 0 Å². The van der Waals surface area contributed by atoms with Gasteiger partial charge in [0.1, 0.15) is 5.60 Å². The number of aliphatic hydroxyl groups is 1. The molecule has 4 rings (SSSR count). The predicted molar refractivity (Wildman–Crippen MR) is 106 cm³/mol. The van der Waals surface area contributed by atoms with Gasteiger partial charge in [-0.05, 0) is 25.0 Å². The first kappa shape index (κ1) is 20.5. The number of hydrogen-bond acceptors (Lipinski definition) is 6. The summed E-state index contributed by atoms with van der Waals surface area (Å²) in [7, 11) is 0. The summed E-state index contributed by atoms with van der Waals surface area (Å²) in [6.45, 7) is 3.49. The van der Waals surface area contributed by atoms with Crippen molar-refractivity contribution in [1.82, 2.24) is 4.90 Å². The Labute approximate surface area is 175 Å². The lowest BCUT2D eigenvalue weighted by Gasteiger charge is -2.46. The van der Waals surface area contributed by atoms with Gasteiger partial charge in [-0.3, -0.25) is 9.59 Å². The lowest BCUT2D eigenvalue weighted by atomic mass is 9.70. The number of esters is 1. The largest absolute Gasteiger partial charge is 0.465 e. The first-order valence-corrected chi connectivity index (χ1v) is 10.00. The Morgan fingerprint density at radius 3 is 2.37 bits per heavy atom. The van der Waals surface area contributed by atoms with Crippen LogP contribution < -0.4 is 0 Å². The summed E-state index contributed by atoms with van der Waals surface area (Å²) >= 11 is 0. The highest BCUT2D eigenvalue weighted by Gasteiger charge is 2.75. The quantitative estimate of drug-likeness (QED) is 0.462. The van der Waals surface area contributed by atoms with Gasteiger partial charge in [0.15, 0.2) is 0 Å². The maximum Gasteiger partial charge on any atom is 0.327 e. The van der Waals surface area contributed by atoms with Crippen LogP contribution in [0, 0.1) is 5.41 Å². The highest BCUT2D eigenvalue weighted by atomic mass is 17.2. The molecule has 0 spiro atoms. The molecule has 2 aromatic carbocycles. The number of nitrogens with zero attached hydrogens (tertiary/aromatic N) is 1. The maximum atomic E-state index is 13.6. The molecule has 0 bridgehead atoms. The molecular formula is C23H25NO6. The van der Waals surface area contributed by atoms with Crippen molar-refractivity contribution in [3.63, 3.8) is 0 Å². The zero-order valence-corrected chi connectivity index (χ0v) is 17.0. The number of rotatable bonds is 5. The molecule has 158 valence electrons. The SMILES string of the molecule is CCOC(=O)[C@]12CC(C)(c3ccccc3)OO[C@@]1(O)CN(Cc1ccccc1)C2=O. The molecule has 1 unspecified atom stereocenters. The standard InChI is InChI=1S/C23H25NO6/c1-3-28-20(26)22-15-21(2,18-12-8-5-9-13-18)29-30-23(22,27)16-24(19(22)25)14-17-10-6-4-7-11-17/h4-13,27H,3,14-16H2,1-2H3/t21?,22-,23+/m1/s1. The van der Waals surface area contributed by atoms with E-state index in [0.717, 1.165) is 11.1 Å². The fourth-order valence-electron chi connectivity index (χ4n) is 4.36. The van der Waals surface area contributed by atoms with Gasteiger partial charge < -0.3 is 14.7 Å². The topological polar surface area (TPSA) is 85.3 Å². The molecule has 0 aromatic heterocycles. The molecule has 1 N–H and O–H groups in total. The van der Waals surface area contributed by atoms with Gasteiger partial charge in [-0.1, -0.05) is 60.7 Å². The van der Waals surface area contributed by atoms with E-state index in [1.165, 1.54) is 4.90 Å². The van der Waals surface area contributed by atoms with Crippen LogP contribution in [0.1, 0.15) is 31.4 Å². The summed E-state index contributed by atoms with van der Waals surface area (Å²) < 4.78 is 5.27. The van der Waals surface area contributed by atoms with Gasteiger partial charge in [0, 0.05) is 13.0 Å². The van der Waals surface area contributed by atoms with E-state index in [2.05, 4.69) is 0 Å². The third-order valence-corrected chi connectivity index (χ3v) is 5.91. The molecule has 2 aliphatic rings. The minimum atomic E-state index is -2.15. The minimum Gasteiger partial charge on any atom is -0.465 e. The second-order valence-electron chi connectivity index (χ2n) is 8.00. The van der Waals surface area contributed by atoms with Crippen LogP contribution in [-0.4, -0.2) is 40.8 Å². The van der Waals surface area contributed by atoms with Crippen molar-refractivity contribution >= 4 is 11.9 Å². The molecule has 7 nitrogen and oxygen atoms in total. The number of amides is 1. The lowest BCUT2D eigenvalue weighted by Crippen LogP contribution is -2.63. The number of fused-ring (bicyclic) bond motifs is 1. The summed E-state index contributed by atoms with van der Waals surface area (Å²) in [5, 5.41) is 11.3. The summed E-state index contributed by atoms with van der Waals surface area (Å²) in [6.07, 6.45) is -0.108. The molecule has 2 aliphatic heterocycles. The summed E-state index contributed by atoms with van der Waals surface area (Å²) in [4.78, 5) is 39.3. The Kier molecular flexibility index (Phi) is 5.13. The van der Waals surface area contributed by atoms with Gasteiger partial charge >= 0.3 is 5.97 Å². The third kappa shape index (κ3) is 3.10. The van der Waals surface area contributed by atoms with E-state index >= 15 is 0 Å². The van der Waals surface area contributed by atoms with Crippen LogP contribution in [0.25, 0.3) is 0 Å². The van der Waals surface area contributed by atoms with Crippen molar-refractivity contribution in [3.8, 4) is 0 Å². The normalized spacial score (nSPS) is 30.8. The molecular weight excluding hydrogens is 386 g/mol. The first-order valence-electron chi connectivity index (χ1n) is 10.00. The van der Waals surface area contributed by atoms with E-state index < -0.39 is 28.7 Å². The second-order valence-corrected chi connectivity index (χ2v) is 8.00. The molecule has 2 heterocycles. The number of β-amino-alcohol motifs (C(OH)–C–C–N with tert-alkyl or cyclic N) is 1. The Morgan fingerprint density at radius 2 is 1.73 bits per heavy atom. The number of carbonyl (C=O) groups excluding carboxylic acids is 2. The third-order valence-electron chi connectivity index (χ3n) is 5.91. The van der Waals surface area contributed by atoms with E-state index in [4.69, 9.17) is 14.5 Å². The fraction of sp³-hybridized carbons (Fsp3) is 0.391. The lowest BCUT2D eigenvalue weighted by molar-refractivity contribution is -0.502. The van der Waals surface area contributed by atoms with Crippen LogP contribution in [-0.2, 0) is 36.2 Å². The molecule has 2 fully saturated rings. The predicted octanol–water partition coefficient (Wildman–Crippen LogP) is 2.53. The molecule has 0 saturated carbocycles. The van der Waals surface area contributed by atoms with Crippen molar-refractivity contribution < 1.29 is 29.2 Å².